The molecule has 0 N–H and O–H groups in total. The zero-order chi connectivity index (χ0) is 21.3. The Morgan fingerprint density at radius 3 is 1.97 bits per heavy atom. The predicted molar refractivity (Wildman–Crippen MR) is 124 cm³/mol. The molecule has 152 valence electrons. The second-order valence-electron chi connectivity index (χ2n) is 9.88. The molecule has 0 amide bonds. The molecule has 1 saturated heterocycles. The van der Waals surface area contributed by atoms with Gasteiger partial charge >= 0.3 is 7.12 Å². The third-order valence-corrected chi connectivity index (χ3v) is 7.05. The van der Waals surface area contributed by atoms with Crippen molar-refractivity contribution >= 4 is 12.6 Å². The second-order valence-corrected chi connectivity index (χ2v) is 9.88. The van der Waals surface area contributed by atoms with Crippen LogP contribution in [0, 0.1) is 13.8 Å². The summed E-state index contributed by atoms with van der Waals surface area (Å²) in [5.74, 6) is 0.233. The first-order valence-electron chi connectivity index (χ1n) is 10.8. The first-order chi connectivity index (χ1) is 14.2. The summed E-state index contributed by atoms with van der Waals surface area (Å²) in [7, 11) is -0.344. The maximum atomic E-state index is 6.34. The summed E-state index contributed by atoms with van der Waals surface area (Å²) in [6.07, 6.45) is 0. The highest BCUT2D eigenvalue weighted by Gasteiger charge is 2.52. The van der Waals surface area contributed by atoms with Gasteiger partial charge in [-0.05, 0) is 74.8 Å². The van der Waals surface area contributed by atoms with Crippen LogP contribution in [-0.2, 0) is 9.31 Å². The van der Waals surface area contributed by atoms with Crippen molar-refractivity contribution in [3.8, 4) is 11.1 Å². The Balaban J connectivity index is 1.64. The third-order valence-electron chi connectivity index (χ3n) is 7.05. The lowest BCUT2D eigenvalue weighted by Crippen LogP contribution is -2.41. The molecule has 1 unspecified atom stereocenters. The smallest absolute Gasteiger partial charge is 0.399 e. The largest absolute Gasteiger partial charge is 0.494 e. The van der Waals surface area contributed by atoms with Crippen LogP contribution in [0.4, 0.5) is 0 Å². The van der Waals surface area contributed by atoms with E-state index < -0.39 is 0 Å². The summed E-state index contributed by atoms with van der Waals surface area (Å²) < 4.78 is 12.7. The van der Waals surface area contributed by atoms with Gasteiger partial charge in [-0.25, -0.2) is 0 Å². The molecule has 2 aliphatic rings. The molecule has 1 aliphatic carbocycles. The monoisotopic (exact) mass is 396 g/mol. The van der Waals surface area contributed by atoms with Crippen LogP contribution in [0.1, 0.15) is 61.4 Å². The van der Waals surface area contributed by atoms with Crippen molar-refractivity contribution in [1.82, 2.24) is 0 Å². The predicted octanol–water partition coefficient (Wildman–Crippen LogP) is 5.76. The highest BCUT2D eigenvalue weighted by Crippen LogP contribution is 2.48. The van der Waals surface area contributed by atoms with E-state index in [1.165, 1.54) is 38.9 Å². The Kier molecular flexibility index (Phi) is 4.29. The summed E-state index contributed by atoms with van der Waals surface area (Å²) in [5.41, 5.74) is 9.74. The van der Waals surface area contributed by atoms with E-state index in [2.05, 4.69) is 102 Å². The molecule has 0 saturated carbocycles. The first kappa shape index (κ1) is 19.6. The Hall–Kier alpha value is -2.36. The Morgan fingerprint density at radius 2 is 1.30 bits per heavy atom. The van der Waals surface area contributed by atoms with Gasteiger partial charge in [0.2, 0.25) is 0 Å². The Bertz CT molecular complexity index is 1110. The van der Waals surface area contributed by atoms with Gasteiger partial charge in [-0.1, -0.05) is 71.8 Å². The molecule has 1 fully saturated rings. The maximum absolute atomic E-state index is 6.34. The van der Waals surface area contributed by atoms with Crippen molar-refractivity contribution in [2.45, 2.75) is 58.7 Å². The average molecular weight is 396 g/mol. The quantitative estimate of drug-likeness (QED) is 0.401. The van der Waals surface area contributed by atoms with E-state index >= 15 is 0 Å². The number of hydrogen-bond donors (Lipinski definition) is 0. The van der Waals surface area contributed by atoms with Gasteiger partial charge in [0.1, 0.15) is 0 Å². The molecule has 1 aliphatic heterocycles. The second kappa shape index (κ2) is 6.57. The van der Waals surface area contributed by atoms with Crippen LogP contribution >= 0.6 is 0 Å². The van der Waals surface area contributed by atoms with Crippen molar-refractivity contribution in [3.05, 3.63) is 88.5 Å². The van der Waals surface area contributed by atoms with Crippen molar-refractivity contribution in [2.75, 3.05) is 0 Å². The van der Waals surface area contributed by atoms with Crippen LogP contribution < -0.4 is 5.46 Å². The molecule has 3 heteroatoms. The molecule has 3 aromatic rings. The van der Waals surface area contributed by atoms with E-state index in [9.17, 15) is 0 Å². The molecule has 0 spiro atoms. The number of rotatable bonds is 2. The van der Waals surface area contributed by atoms with Gasteiger partial charge in [-0.15, -0.1) is 0 Å². The highest BCUT2D eigenvalue weighted by atomic mass is 16.7. The fraction of sp³-hybridized carbons (Fsp3) is 0.333. The number of fused-ring (bicyclic) bond motifs is 3. The van der Waals surface area contributed by atoms with Gasteiger partial charge < -0.3 is 9.31 Å². The van der Waals surface area contributed by atoms with Crippen LogP contribution in [-0.4, -0.2) is 18.3 Å². The molecule has 30 heavy (non-hydrogen) atoms. The zero-order valence-electron chi connectivity index (χ0n) is 18.7. The van der Waals surface area contributed by atoms with Gasteiger partial charge in [0.25, 0.3) is 0 Å². The number of aryl methyl sites for hydroxylation is 2. The molecular formula is C27H29BO2. The van der Waals surface area contributed by atoms with Crippen molar-refractivity contribution in [1.29, 1.82) is 0 Å². The van der Waals surface area contributed by atoms with E-state index in [0.29, 0.717) is 0 Å². The van der Waals surface area contributed by atoms with Crippen LogP contribution in [0.25, 0.3) is 11.1 Å². The molecule has 1 heterocycles. The summed E-state index contributed by atoms with van der Waals surface area (Å²) in [4.78, 5) is 0. The molecule has 0 radical (unpaired) electrons. The van der Waals surface area contributed by atoms with E-state index in [1.54, 1.807) is 0 Å². The van der Waals surface area contributed by atoms with E-state index in [4.69, 9.17) is 9.31 Å². The SMILES string of the molecule is Cc1cc(C)cc(C2c3ccccc3-c3ccc(B4OC(C)(C)C(C)(C)O4)cc32)c1. The number of hydrogen-bond acceptors (Lipinski definition) is 2. The minimum absolute atomic E-state index is 0.233. The molecule has 1 atom stereocenters. The molecule has 0 aromatic heterocycles. The van der Waals surface area contributed by atoms with Gasteiger partial charge in [-0.2, -0.15) is 0 Å². The third kappa shape index (κ3) is 2.95. The minimum atomic E-state index is -0.344. The normalized spacial score (nSPS) is 20.9. The fourth-order valence-corrected chi connectivity index (χ4v) is 4.89. The van der Waals surface area contributed by atoms with Crippen LogP contribution in [0.2, 0.25) is 0 Å². The summed E-state index contributed by atoms with van der Waals surface area (Å²) in [6, 6.07) is 22.4. The lowest BCUT2D eigenvalue weighted by Gasteiger charge is -2.32. The lowest BCUT2D eigenvalue weighted by atomic mass is 9.76. The molecule has 0 bridgehead atoms. The lowest BCUT2D eigenvalue weighted by molar-refractivity contribution is 0.00578. The van der Waals surface area contributed by atoms with Crippen molar-refractivity contribution in [2.24, 2.45) is 0 Å². The van der Waals surface area contributed by atoms with Gasteiger partial charge in [-0.3, -0.25) is 0 Å². The van der Waals surface area contributed by atoms with Gasteiger partial charge in [0.15, 0.2) is 0 Å². The first-order valence-corrected chi connectivity index (χ1v) is 10.8. The van der Waals surface area contributed by atoms with Crippen LogP contribution in [0.5, 0.6) is 0 Å². The molecule has 2 nitrogen and oxygen atoms in total. The average Bonchev–Trinajstić information content (AvgIpc) is 3.10. The molecule has 5 rings (SSSR count). The van der Waals surface area contributed by atoms with Gasteiger partial charge in [0, 0.05) is 5.92 Å². The standard InChI is InChI=1S/C27H29BO2/c1-17-13-18(2)15-19(14-17)25-23-10-8-7-9-21(23)22-12-11-20(16-24(22)25)28-29-26(3,4)27(5,6)30-28/h7-16,25H,1-6H3. The van der Waals surface area contributed by atoms with Crippen molar-refractivity contribution < 1.29 is 9.31 Å². The Morgan fingerprint density at radius 1 is 0.700 bits per heavy atom. The number of benzene rings is 3. The Labute approximate surface area is 180 Å². The van der Waals surface area contributed by atoms with Crippen molar-refractivity contribution in [3.63, 3.8) is 0 Å². The van der Waals surface area contributed by atoms with E-state index in [-0.39, 0.29) is 24.2 Å². The maximum Gasteiger partial charge on any atom is 0.494 e. The fourth-order valence-electron chi connectivity index (χ4n) is 4.89. The summed E-state index contributed by atoms with van der Waals surface area (Å²) in [6.45, 7) is 12.8. The zero-order valence-corrected chi connectivity index (χ0v) is 18.7. The summed E-state index contributed by atoms with van der Waals surface area (Å²) >= 11 is 0. The molecular weight excluding hydrogens is 367 g/mol. The molecule has 3 aromatic carbocycles. The van der Waals surface area contributed by atoms with Crippen LogP contribution in [0.3, 0.4) is 0 Å². The van der Waals surface area contributed by atoms with E-state index in [0.717, 1.165) is 5.46 Å². The summed E-state index contributed by atoms with van der Waals surface area (Å²) in [5, 5.41) is 0. The van der Waals surface area contributed by atoms with Crippen LogP contribution in [0.15, 0.2) is 60.7 Å². The minimum Gasteiger partial charge on any atom is -0.399 e. The van der Waals surface area contributed by atoms with E-state index in [1.807, 2.05) is 0 Å². The topological polar surface area (TPSA) is 18.5 Å². The highest BCUT2D eigenvalue weighted by molar-refractivity contribution is 6.62. The van der Waals surface area contributed by atoms with Gasteiger partial charge in [0.05, 0.1) is 11.2 Å².